The lowest BCUT2D eigenvalue weighted by atomic mass is 10.2. The van der Waals surface area contributed by atoms with Crippen LogP contribution in [0, 0.1) is 5.82 Å². The van der Waals surface area contributed by atoms with Crippen LogP contribution in [0.3, 0.4) is 0 Å². The highest BCUT2D eigenvalue weighted by Crippen LogP contribution is 2.20. The summed E-state index contributed by atoms with van der Waals surface area (Å²) < 4.78 is 40.3. The fourth-order valence-electron chi connectivity index (χ4n) is 2.38. The van der Waals surface area contributed by atoms with Crippen molar-refractivity contribution >= 4 is 45.2 Å². The molecule has 2 aromatic carbocycles. The molecule has 0 aromatic heterocycles. The minimum Gasteiger partial charge on any atom is -0.354 e. The first kappa shape index (κ1) is 23.5. The first-order chi connectivity index (χ1) is 13.7. The summed E-state index contributed by atoms with van der Waals surface area (Å²) in [6.45, 7) is -0.00551. The molecular weight excluding hydrogens is 437 g/mol. The molecule has 0 aliphatic rings. The standard InChI is InChI=1S/C19H23ClFN3O3S2/c1-23(2)29(26,27)24(18-8-6-17(21)7-9-18)13-19(25)22-10-11-28-14-15-4-3-5-16(20)12-15/h3-9,12H,10-11,13-14H2,1-2H3,(H,22,25). The van der Waals surface area contributed by atoms with E-state index in [4.69, 9.17) is 11.6 Å². The van der Waals surface area contributed by atoms with Gasteiger partial charge in [-0.05, 0) is 42.0 Å². The molecule has 29 heavy (non-hydrogen) atoms. The Kier molecular flexibility index (Phi) is 8.76. The van der Waals surface area contributed by atoms with Crippen LogP contribution < -0.4 is 9.62 Å². The summed E-state index contributed by atoms with van der Waals surface area (Å²) in [5.41, 5.74) is 1.30. The van der Waals surface area contributed by atoms with Gasteiger partial charge in [-0.15, -0.1) is 0 Å². The number of hydrogen-bond acceptors (Lipinski definition) is 4. The summed E-state index contributed by atoms with van der Waals surface area (Å²) in [5.74, 6) is 0.489. The van der Waals surface area contributed by atoms with E-state index in [0.29, 0.717) is 17.3 Å². The van der Waals surface area contributed by atoms with Gasteiger partial charge in [0, 0.05) is 37.2 Å². The van der Waals surface area contributed by atoms with Crippen LogP contribution in [-0.2, 0) is 20.8 Å². The molecule has 0 aliphatic carbocycles. The second kappa shape index (κ2) is 10.8. The normalized spacial score (nSPS) is 11.5. The molecule has 0 unspecified atom stereocenters. The van der Waals surface area contributed by atoms with Gasteiger partial charge in [-0.1, -0.05) is 23.7 Å². The van der Waals surface area contributed by atoms with Gasteiger partial charge in [-0.25, -0.2) is 8.70 Å². The predicted octanol–water partition coefficient (Wildman–Crippen LogP) is 3.14. The van der Waals surface area contributed by atoms with Crippen molar-refractivity contribution in [2.24, 2.45) is 0 Å². The average molecular weight is 460 g/mol. The number of halogens is 2. The van der Waals surface area contributed by atoms with Crippen molar-refractivity contribution in [1.29, 1.82) is 0 Å². The van der Waals surface area contributed by atoms with Gasteiger partial charge in [-0.2, -0.15) is 24.5 Å². The molecule has 10 heteroatoms. The van der Waals surface area contributed by atoms with Gasteiger partial charge in [0.2, 0.25) is 5.91 Å². The lowest BCUT2D eigenvalue weighted by Crippen LogP contribution is -2.46. The molecule has 0 heterocycles. The fourth-order valence-corrected chi connectivity index (χ4v) is 4.46. The number of amides is 1. The Bertz CT molecular complexity index is 925. The zero-order valence-corrected chi connectivity index (χ0v) is 18.5. The van der Waals surface area contributed by atoms with Crippen molar-refractivity contribution in [3.8, 4) is 0 Å². The van der Waals surface area contributed by atoms with Crippen LogP contribution in [0.1, 0.15) is 5.56 Å². The van der Waals surface area contributed by atoms with E-state index < -0.39 is 28.5 Å². The maximum absolute atomic E-state index is 13.2. The van der Waals surface area contributed by atoms with E-state index in [9.17, 15) is 17.6 Å². The maximum Gasteiger partial charge on any atom is 0.304 e. The number of thioether (sulfide) groups is 1. The monoisotopic (exact) mass is 459 g/mol. The molecule has 0 saturated heterocycles. The molecule has 1 amide bonds. The molecule has 0 fully saturated rings. The Morgan fingerprint density at radius 3 is 2.48 bits per heavy atom. The third-order valence-corrected chi connectivity index (χ3v) is 6.95. The van der Waals surface area contributed by atoms with Crippen LogP contribution in [0.25, 0.3) is 0 Å². The van der Waals surface area contributed by atoms with Gasteiger partial charge >= 0.3 is 10.2 Å². The number of nitrogens with one attached hydrogen (secondary N) is 1. The third kappa shape index (κ3) is 7.18. The number of hydrogen-bond donors (Lipinski definition) is 1. The van der Waals surface area contributed by atoms with Crippen molar-refractivity contribution in [3.63, 3.8) is 0 Å². The zero-order valence-electron chi connectivity index (χ0n) is 16.1. The Morgan fingerprint density at radius 1 is 1.17 bits per heavy atom. The van der Waals surface area contributed by atoms with E-state index in [-0.39, 0.29) is 5.69 Å². The quantitative estimate of drug-likeness (QED) is 0.554. The summed E-state index contributed by atoms with van der Waals surface area (Å²) in [6, 6.07) is 12.5. The topological polar surface area (TPSA) is 69.7 Å². The van der Waals surface area contributed by atoms with Crippen molar-refractivity contribution in [2.45, 2.75) is 5.75 Å². The van der Waals surface area contributed by atoms with Crippen LogP contribution >= 0.6 is 23.4 Å². The third-order valence-electron chi connectivity index (χ3n) is 3.87. The Balaban J connectivity index is 1.90. The molecule has 158 valence electrons. The molecule has 2 rings (SSSR count). The lowest BCUT2D eigenvalue weighted by molar-refractivity contribution is -0.119. The van der Waals surface area contributed by atoms with Crippen LogP contribution in [0.4, 0.5) is 10.1 Å². The van der Waals surface area contributed by atoms with E-state index in [0.717, 1.165) is 32.1 Å². The highest BCUT2D eigenvalue weighted by atomic mass is 35.5. The van der Waals surface area contributed by atoms with Crippen LogP contribution in [0.2, 0.25) is 5.02 Å². The first-order valence-electron chi connectivity index (χ1n) is 8.75. The SMILES string of the molecule is CN(C)S(=O)(=O)N(CC(=O)NCCSCc1cccc(Cl)c1)c1ccc(F)cc1. The van der Waals surface area contributed by atoms with E-state index in [1.807, 2.05) is 24.3 Å². The van der Waals surface area contributed by atoms with Gasteiger partial charge in [0.1, 0.15) is 12.4 Å². The van der Waals surface area contributed by atoms with Gasteiger partial charge in [0.25, 0.3) is 0 Å². The van der Waals surface area contributed by atoms with Crippen LogP contribution in [0.15, 0.2) is 48.5 Å². The Labute approximate surface area is 180 Å². The number of nitrogens with zero attached hydrogens (tertiary/aromatic N) is 2. The smallest absolute Gasteiger partial charge is 0.304 e. The highest BCUT2D eigenvalue weighted by molar-refractivity contribution is 7.98. The summed E-state index contributed by atoms with van der Waals surface area (Å²) >= 11 is 7.58. The molecule has 1 N–H and O–H groups in total. The molecule has 6 nitrogen and oxygen atoms in total. The van der Waals surface area contributed by atoms with Crippen molar-refractivity contribution in [1.82, 2.24) is 9.62 Å². The molecule has 0 radical (unpaired) electrons. The molecular formula is C19H23ClFN3O3S2. The first-order valence-corrected chi connectivity index (χ1v) is 11.7. The van der Waals surface area contributed by atoms with Gasteiger partial charge < -0.3 is 5.32 Å². The predicted molar refractivity (Wildman–Crippen MR) is 117 cm³/mol. The number of carbonyl (C=O) groups excluding carboxylic acids is 1. The Morgan fingerprint density at radius 2 is 1.86 bits per heavy atom. The number of rotatable bonds is 10. The van der Waals surface area contributed by atoms with Crippen molar-refractivity contribution in [2.75, 3.05) is 37.2 Å². The van der Waals surface area contributed by atoms with Gasteiger partial charge in [-0.3, -0.25) is 4.79 Å². The fraction of sp³-hybridized carbons (Fsp3) is 0.316. The summed E-state index contributed by atoms with van der Waals surface area (Å²) in [6.07, 6.45) is 0. The minimum absolute atomic E-state index is 0.214. The number of benzene rings is 2. The summed E-state index contributed by atoms with van der Waals surface area (Å²) in [7, 11) is -1.17. The number of anilines is 1. The van der Waals surface area contributed by atoms with Crippen LogP contribution in [-0.4, -0.2) is 51.6 Å². The van der Waals surface area contributed by atoms with Crippen molar-refractivity contribution in [3.05, 3.63) is 64.9 Å². The van der Waals surface area contributed by atoms with Gasteiger partial charge in [0.15, 0.2) is 0 Å². The molecule has 0 atom stereocenters. The van der Waals surface area contributed by atoms with E-state index >= 15 is 0 Å². The maximum atomic E-state index is 13.2. The lowest BCUT2D eigenvalue weighted by Gasteiger charge is -2.26. The van der Waals surface area contributed by atoms with Gasteiger partial charge in [0.05, 0.1) is 5.69 Å². The number of carbonyl (C=O) groups is 1. The van der Waals surface area contributed by atoms with Crippen molar-refractivity contribution < 1.29 is 17.6 Å². The summed E-state index contributed by atoms with van der Waals surface area (Å²) in [5, 5.41) is 3.40. The molecule has 2 aromatic rings. The zero-order chi connectivity index (χ0) is 21.4. The molecule has 0 spiro atoms. The molecule has 0 saturated carbocycles. The summed E-state index contributed by atoms with van der Waals surface area (Å²) in [4.78, 5) is 12.3. The molecule has 0 bridgehead atoms. The van der Waals surface area contributed by atoms with Crippen LogP contribution in [0.5, 0.6) is 0 Å². The highest BCUT2D eigenvalue weighted by Gasteiger charge is 2.27. The second-order valence-corrected chi connectivity index (χ2v) is 9.91. The molecule has 0 aliphatic heterocycles. The Hall–Kier alpha value is -1.81. The minimum atomic E-state index is -3.91. The largest absolute Gasteiger partial charge is 0.354 e. The van der Waals surface area contributed by atoms with E-state index in [1.54, 1.807) is 11.8 Å². The second-order valence-electron chi connectivity index (χ2n) is 6.31. The van der Waals surface area contributed by atoms with E-state index in [1.165, 1.54) is 26.2 Å². The average Bonchev–Trinajstić information content (AvgIpc) is 2.66. The van der Waals surface area contributed by atoms with E-state index in [2.05, 4.69) is 5.32 Å².